The average Bonchev–Trinajstić information content (AvgIpc) is 3.17. The van der Waals surface area contributed by atoms with Crippen LogP contribution in [0.4, 0.5) is 4.79 Å². The Morgan fingerprint density at radius 2 is 1.75 bits per heavy atom. The number of aliphatic carboxylic acids is 1. The normalized spacial score (nSPS) is 15.6. The lowest BCUT2D eigenvalue weighted by Crippen LogP contribution is -2.47. The van der Waals surface area contributed by atoms with Crippen LogP contribution in [0, 0.1) is 11.8 Å². The fraction of sp³-hybridized carbons (Fsp3) is 0.769. The zero-order valence-electron chi connectivity index (χ0n) is 11.9. The van der Waals surface area contributed by atoms with Gasteiger partial charge in [-0.05, 0) is 18.8 Å². The molecule has 1 aliphatic carbocycles. The van der Waals surface area contributed by atoms with Gasteiger partial charge in [0.15, 0.2) is 0 Å². The molecule has 1 fully saturated rings. The molecule has 0 heterocycles. The summed E-state index contributed by atoms with van der Waals surface area (Å²) in [6.07, 6.45) is 1.79. The molecule has 20 heavy (non-hydrogen) atoms. The van der Waals surface area contributed by atoms with Crippen LogP contribution in [0.15, 0.2) is 0 Å². The Morgan fingerprint density at radius 3 is 2.25 bits per heavy atom. The third-order valence-corrected chi connectivity index (χ3v) is 3.17. The Labute approximate surface area is 118 Å². The van der Waals surface area contributed by atoms with Crippen molar-refractivity contribution in [2.75, 3.05) is 13.1 Å². The van der Waals surface area contributed by atoms with Crippen molar-refractivity contribution in [1.29, 1.82) is 0 Å². The number of hydrogen-bond acceptors (Lipinski definition) is 3. The van der Waals surface area contributed by atoms with E-state index >= 15 is 0 Å². The van der Waals surface area contributed by atoms with Gasteiger partial charge in [0.25, 0.3) is 0 Å². The lowest BCUT2D eigenvalue weighted by Gasteiger charge is -2.20. The Kier molecular flexibility index (Phi) is 6.27. The summed E-state index contributed by atoms with van der Waals surface area (Å²) in [6.45, 7) is 4.41. The second-order valence-corrected chi connectivity index (χ2v) is 5.41. The van der Waals surface area contributed by atoms with Crippen LogP contribution in [0.25, 0.3) is 0 Å². The zero-order valence-corrected chi connectivity index (χ0v) is 11.9. The molecule has 114 valence electrons. The number of hydrogen-bond donors (Lipinski definition) is 4. The molecule has 1 rings (SSSR count). The van der Waals surface area contributed by atoms with Crippen molar-refractivity contribution in [2.24, 2.45) is 11.8 Å². The number of urea groups is 1. The van der Waals surface area contributed by atoms with Crippen LogP contribution in [0.2, 0.25) is 0 Å². The predicted molar refractivity (Wildman–Crippen MR) is 73.1 cm³/mol. The number of amides is 3. The lowest BCUT2D eigenvalue weighted by atomic mass is 10.0. The molecule has 7 nitrogen and oxygen atoms in total. The van der Waals surface area contributed by atoms with Gasteiger partial charge in [-0.25, -0.2) is 4.79 Å². The van der Waals surface area contributed by atoms with E-state index in [9.17, 15) is 14.4 Å². The second kappa shape index (κ2) is 7.72. The van der Waals surface area contributed by atoms with Crippen LogP contribution in [0.3, 0.4) is 0 Å². The van der Waals surface area contributed by atoms with Gasteiger partial charge in [-0.15, -0.1) is 0 Å². The molecule has 0 aromatic heterocycles. The largest absolute Gasteiger partial charge is 0.481 e. The molecule has 1 aliphatic rings. The van der Waals surface area contributed by atoms with Crippen molar-refractivity contribution in [3.63, 3.8) is 0 Å². The van der Waals surface area contributed by atoms with Crippen molar-refractivity contribution < 1.29 is 19.5 Å². The first kappa shape index (κ1) is 16.3. The molecular formula is C13H23N3O4. The van der Waals surface area contributed by atoms with E-state index in [0.717, 1.165) is 12.8 Å². The van der Waals surface area contributed by atoms with Gasteiger partial charge in [-0.2, -0.15) is 0 Å². The molecular weight excluding hydrogens is 262 g/mol. The van der Waals surface area contributed by atoms with E-state index in [4.69, 9.17) is 5.11 Å². The van der Waals surface area contributed by atoms with E-state index < -0.39 is 18.0 Å². The minimum absolute atomic E-state index is 0.0337. The SMILES string of the molecule is CC(C)C(CC(=O)O)NC(=O)NCCNC(=O)C1CC1. The van der Waals surface area contributed by atoms with Gasteiger partial charge in [-0.3, -0.25) is 9.59 Å². The molecule has 0 aliphatic heterocycles. The first-order chi connectivity index (χ1) is 9.40. The maximum atomic E-state index is 11.6. The number of carboxylic acids is 1. The highest BCUT2D eigenvalue weighted by Crippen LogP contribution is 2.28. The number of rotatable bonds is 8. The summed E-state index contributed by atoms with van der Waals surface area (Å²) in [7, 11) is 0. The van der Waals surface area contributed by atoms with Crippen molar-refractivity contribution >= 4 is 17.9 Å². The number of carbonyl (C=O) groups excluding carboxylic acids is 2. The fourth-order valence-corrected chi connectivity index (χ4v) is 1.71. The maximum absolute atomic E-state index is 11.6. The van der Waals surface area contributed by atoms with Crippen molar-refractivity contribution in [1.82, 2.24) is 16.0 Å². The average molecular weight is 285 g/mol. The summed E-state index contributed by atoms with van der Waals surface area (Å²) in [5, 5.41) is 16.7. The van der Waals surface area contributed by atoms with Gasteiger partial charge in [0.1, 0.15) is 0 Å². The summed E-state index contributed by atoms with van der Waals surface area (Å²) >= 11 is 0. The number of nitrogens with one attached hydrogen (secondary N) is 3. The molecule has 1 atom stereocenters. The quantitative estimate of drug-likeness (QED) is 0.481. The van der Waals surface area contributed by atoms with Crippen molar-refractivity contribution in [2.45, 2.75) is 39.2 Å². The number of carboxylic acid groups (broad SMARTS) is 1. The van der Waals surface area contributed by atoms with Crippen LogP contribution >= 0.6 is 0 Å². The van der Waals surface area contributed by atoms with Crippen LogP contribution in [0.1, 0.15) is 33.1 Å². The van der Waals surface area contributed by atoms with Gasteiger partial charge in [-0.1, -0.05) is 13.8 Å². The lowest BCUT2D eigenvalue weighted by molar-refractivity contribution is -0.137. The summed E-state index contributed by atoms with van der Waals surface area (Å²) in [4.78, 5) is 33.6. The van der Waals surface area contributed by atoms with Crippen LogP contribution in [-0.2, 0) is 9.59 Å². The maximum Gasteiger partial charge on any atom is 0.315 e. The van der Waals surface area contributed by atoms with Gasteiger partial charge in [0.2, 0.25) is 5.91 Å². The van der Waals surface area contributed by atoms with E-state index in [0.29, 0.717) is 13.1 Å². The Hall–Kier alpha value is -1.79. The molecule has 3 amide bonds. The monoisotopic (exact) mass is 285 g/mol. The third-order valence-electron chi connectivity index (χ3n) is 3.17. The summed E-state index contributed by atoms with van der Waals surface area (Å²) in [5.41, 5.74) is 0. The molecule has 7 heteroatoms. The Bertz CT molecular complexity index is 367. The van der Waals surface area contributed by atoms with Gasteiger partial charge >= 0.3 is 12.0 Å². The molecule has 0 aromatic carbocycles. The first-order valence-corrected chi connectivity index (χ1v) is 6.94. The topological polar surface area (TPSA) is 108 Å². The van der Waals surface area contributed by atoms with Crippen molar-refractivity contribution in [3.8, 4) is 0 Å². The van der Waals surface area contributed by atoms with Gasteiger partial charge < -0.3 is 21.1 Å². The minimum atomic E-state index is -0.944. The van der Waals surface area contributed by atoms with Gasteiger partial charge in [0, 0.05) is 25.0 Å². The molecule has 4 N–H and O–H groups in total. The highest BCUT2D eigenvalue weighted by atomic mass is 16.4. The van der Waals surface area contributed by atoms with Gasteiger partial charge in [0.05, 0.1) is 6.42 Å². The predicted octanol–water partition coefficient (Wildman–Crippen LogP) is 0.311. The molecule has 0 bridgehead atoms. The van der Waals surface area contributed by atoms with Crippen LogP contribution in [-0.4, -0.2) is 42.1 Å². The fourth-order valence-electron chi connectivity index (χ4n) is 1.71. The van der Waals surface area contributed by atoms with Crippen LogP contribution in [0.5, 0.6) is 0 Å². The molecule has 0 radical (unpaired) electrons. The van der Waals surface area contributed by atoms with Crippen molar-refractivity contribution in [3.05, 3.63) is 0 Å². The summed E-state index contributed by atoms with van der Waals surface area (Å²) in [5.74, 6) is -0.713. The first-order valence-electron chi connectivity index (χ1n) is 6.94. The highest BCUT2D eigenvalue weighted by Gasteiger charge is 2.29. The smallest absolute Gasteiger partial charge is 0.315 e. The molecule has 0 spiro atoms. The summed E-state index contributed by atoms with van der Waals surface area (Å²) in [6, 6.07) is -0.820. The van der Waals surface area contributed by atoms with E-state index in [1.807, 2.05) is 13.8 Å². The van der Waals surface area contributed by atoms with Crippen LogP contribution < -0.4 is 16.0 Å². The molecule has 0 saturated heterocycles. The molecule has 1 unspecified atom stereocenters. The number of carbonyl (C=O) groups is 3. The standard InChI is InChI=1S/C13H23N3O4/c1-8(2)10(7-11(17)18)16-13(20)15-6-5-14-12(19)9-3-4-9/h8-10H,3-7H2,1-2H3,(H,14,19)(H,17,18)(H2,15,16,20). The second-order valence-electron chi connectivity index (χ2n) is 5.41. The van der Waals surface area contributed by atoms with E-state index in [1.54, 1.807) is 0 Å². The zero-order chi connectivity index (χ0) is 15.1. The molecule has 1 saturated carbocycles. The minimum Gasteiger partial charge on any atom is -0.481 e. The Morgan fingerprint density at radius 1 is 1.15 bits per heavy atom. The molecule has 0 aromatic rings. The van der Waals surface area contributed by atoms with E-state index in [-0.39, 0.29) is 24.2 Å². The van der Waals surface area contributed by atoms with E-state index in [1.165, 1.54) is 0 Å². The Balaban J connectivity index is 2.16. The van der Waals surface area contributed by atoms with E-state index in [2.05, 4.69) is 16.0 Å². The third kappa shape index (κ3) is 6.40. The highest BCUT2D eigenvalue weighted by molar-refractivity contribution is 5.81. The summed E-state index contributed by atoms with van der Waals surface area (Å²) < 4.78 is 0.